The first-order valence-electron chi connectivity index (χ1n) is 3.74. The van der Waals surface area contributed by atoms with Gasteiger partial charge in [-0.1, -0.05) is 41.4 Å². The first-order valence-corrected chi connectivity index (χ1v) is 4.99. The van der Waals surface area contributed by atoms with Gasteiger partial charge in [0.2, 0.25) is 0 Å². The zero-order chi connectivity index (χ0) is 9.68. The second-order valence-corrected chi connectivity index (χ2v) is 3.50. The van der Waals surface area contributed by atoms with E-state index in [1.807, 2.05) is 12.1 Å². The number of nitriles is 1. The summed E-state index contributed by atoms with van der Waals surface area (Å²) in [7, 11) is 0. The molecule has 1 aromatic carbocycles. The van der Waals surface area contributed by atoms with Gasteiger partial charge in [0.1, 0.15) is 0 Å². The van der Waals surface area contributed by atoms with Crippen LogP contribution in [0, 0.1) is 11.3 Å². The molecule has 3 nitrogen and oxygen atoms in total. The molecule has 0 aliphatic rings. The van der Waals surface area contributed by atoms with Crippen molar-refractivity contribution in [2.75, 3.05) is 5.75 Å². The van der Waals surface area contributed by atoms with Crippen molar-refractivity contribution in [3.63, 3.8) is 0 Å². The molecule has 0 radical (unpaired) electrons. The summed E-state index contributed by atoms with van der Waals surface area (Å²) in [4.78, 5) is 0. The van der Waals surface area contributed by atoms with Crippen molar-refractivity contribution in [2.45, 2.75) is 5.92 Å². The second kappa shape index (κ2) is 4.75. The van der Waals surface area contributed by atoms with E-state index in [0.29, 0.717) is 0 Å². The lowest BCUT2D eigenvalue weighted by atomic mass is 10.0. The second-order valence-electron chi connectivity index (χ2n) is 2.56. The summed E-state index contributed by atoms with van der Waals surface area (Å²) in [6.07, 6.45) is 0. The van der Waals surface area contributed by atoms with Crippen molar-refractivity contribution >= 4 is 11.1 Å². The van der Waals surface area contributed by atoms with Gasteiger partial charge in [0.25, 0.3) is 0 Å². The number of rotatable bonds is 3. The van der Waals surface area contributed by atoms with E-state index in [4.69, 9.17) is 5.26 Å². The molecule has 68 valence electrons. The van der Waals surface area contributed by atoms with Crippen molar-refractivity contribution in [3.05, 3.63) is 35.9 Å². The standard InChI is InChI=1S/C9H9NO2S/c10-6-9(7-13(11)12)8-4-2-1-3-5-8/h1-5,9H,7H2,(H,11,12)/p-1. The Bertz CT molecular complexity index is 331. The molecule has 0 saturated carbocycles. The molecule has 1 aromatic rings. The Hall–Kier alpha value is -1.18. The van der Waals surface area contributed by atoms with Gasteiger partial charge in [0.05, 0.1) is 12.0 Å². The van der Waals surface area contributed by atoms with Crippen LogP contribution in [0.5, 0.6) is 0 Å². The predicted octanol–water partition coefficient (Wildman–Crippen LogP) is 1.17. The molecule has 0 N–H and O–H groups in total. The molecule has 0 fully saturated rings. The van der Waals surface area contributed by atoms with Crippen molar-refractivity contribution in [1.82, 2.24) is 0 Å². The molecule has 13 heavy (non-hydrogen) atoms. The average molecular weight is 194 g/mol. The molecule has 2 unspecified atom stereocenters. The number of hydrogen-bond acceptors (Lipinski definition) is 3. The first-order chi connectivity index (χ1) is 6.24. The third-order valence-corrected chi connectivity index (χ3v) is 2.27. The van der Waals surface area contributed by atoms with E-state index in [9.17, 15) is 8.76 Å². The van der Waals surface area contributed by atoms with Crippen LogP contribution in [0.15, 0.2) is 30.3 Å². The molecule has 0 aliphatic heterocycles. The van der Waals surface area contributed by atoms with Crippen LogP contribution in [-0.2, 0) is 11.1 Å². The van der Waals surface area contributed by atoms with E-state index in [1.165, 1.54) is 0 Å². The van der Waals surface area contributed by atoms with E-state index < -0.39 is 17.0 Å². The fourth-order valence-corrected chi connectivity index (χ4v) is 1.57. The Balaban J connectivity index is 2.80. The summed E-state index contributed by atoms with van der Waals surface area (Å²) < 4.78 is 20.8. The molecule has 0 amide bonds. The maximum atomic E-state index is 10.4. The van der Waals surface area contributed by atoms with E-state index in [-0.39, 0.29) is 5.75 Å². The zero-order valence-electron chi connectivity index (χ0n) is 6.84. The molecule has 4 heteroatoms. The van der Waals surface area contributed by atoms with Crippen LogP contribution in [0.2, 0.25) is 0 Å². The van der Waals surface area contributed by atoms with Gasteiger partial charge in [0.15, 0.2) is 0 Å². The molecule has 0 saturated heterocycles. The lowest BCUT2D eigenvalue weighted by Crippen LogP contribution is -2.06. The molecule has 0 heterocycles. The third kappa shape index (κ3) is 2.98. The summed E-state index contributed by atoms with van der Waals surface area (Å²) >= 11 is -2.17. The first kappa shape index (κ1) is 9.90. The van der Waals surface area contributed by atoms with Gasteiger partial charge in [-0.2, -0.15) is 5.26 Å². The minimum absolute atomic E-state index is 0.138. The van der Waals surface area contributed by atoms with Gasteiger partial charge in [-0.15, -0.1) is 0 Å². The zero-order valence-corrected chi connectivity index (χ0v) is 7.66. The van der Waals surface area contributed by atoms with Crippen LogP contribution >= 0.6 is 0 Å². The smallest absolute Gasteiger partial charge is 0.0816 e. The Morgan fingerprint density at radius 2 is 2.08 bits per heavy atom. The molecule has 0 aromatic heterocycles. The van der Waals surface area contributed by atoms with Crippen LogP contribution in [0.1, 0.15) is 11.5 Å². The lowest BCUT2D eigenvalue weighted by Gasteiger charge is -2.10. The Kier molecular flexibility index (Phi) is 3.62. The SMILES string of the molecule is N#CC(CS(=O)[O-])c1ccccc1. The molecule has 0 bridgehead atoms. The average Bonchev–Trinajstić information content (AvgIpc) is 2.15. The molecule has 2 atom stereocenters. The van der Waals surface area contributed by atoms with Crippen molar-refractivity contribution in [1.29, 1.82) is 5.26 Å². The van der Waals surface area contributed by atoms with Crippen LogP contribution in [-0.4, -0.2) is 14.5 Å². The van der Waals surface area contributed by atoms with Crippen LogP contribution < -0.4 is 0 Å². The summed E-state index contributed by atoms with van der Waals surface area (Å²) in [5.41, 5.74) is 0.745. The summed E-state index contributed by atoms with van der Waals surface area (Å²) in [6, 6.07) is 10.9. The van der Waals surface area contributed by atoms with Crippen LogP contribution in [0.3, 0.4) is 0 Å². The Labute approximate surface area is 79.3 Å². The quantitative estimate of drug-likeness (QED) is 0.678. The number of hydrogen-bond donors (Lipinski definition) is 0. The van der Waals surface area contributed by atoms with Gasteiger partial charge >= 0.3 is 0 Å². The van der Waals surface area contributed by atoms with Gasteiger partial charge in [-0.05, 0) is 5.56 Å². The highest BCUT2D eigenvalue weighted by Gasteiger charge is 2.09. The fourth-order valence-electron chi connectivity index (χ4n) is 1.03. The normalized spacial score (nSPS) is 14.5. The van der Waals surface area contributed by atoms with Gasteiger partial charge in [-0.25, -0.2) is 0 Å². The summed E-state index contributed by atoms with van der Waals surface area (Å²) in [6.45, 7) is 0. The van der Waals surface area contributed by atoms with Crippen molar-refractivity contribution < 1.29 is 8.76 Å². The lowest BCUT2D eigenvalue weighted by molar-refractivity contribution is 0.534. The van der Waals surface area contributed by atoms with E-state index in [2.05, 4.69) is 0 Å². The van der Waals surface area contributed by atoms with Crippen molar-refractivity contribution in [2.24, 2.45) is 0 Å². The highest BCUT2D eigenvalue weighted by molar-refractivity contribution is 7.79. The number of nitrogens with zero attached hydrogens (tertiary/aromatic N) is 1. The van der Waals surface area contributed by atoms with Crippen LogP contribution in [0.4, 0.5) is 0 Å². The third-order valence-electron chi connectivity index (χ3n) is 1.66. The predicted molar refractivity (Wildman–Crippen MR) is 48.6 cm³/mol. The van der Waals surface area contributed by atoms with E-state index >= 15 is 0 Å². The van der Waals surface area contributed by atoms with Crippen molar-refractivity contribution in [3.8, 4) is 6.07 Å². The monoisotopic (exact) mass is 194 g/mol. The highest BCUT2D eigenvalue weighted by atomic mass is 32.2. The minimum Gasteiger partial charge on any atom is -0.772 e. The fraction of sp³-hybridized carbons (Fsp3) is 0.222. The van der Waals surface area contributed by atoms with Gasteiger partial charge in [0, 0.05) is 5.75 Å². The summed E-state index contributed by atoms with van der Waals surface area (Å²) in [5.74, 6) is -0.694. The maximum Gasteiger partial charge on any atom is 0.0816 e. The molecule has 1 rings (SSSR count). The number of benzene rings is 1. The van der Waals surface area contributed by atoms with Gasteiger partial charge < -0.3 is 4.55 Å². The van der Waals surface area contributed by atoms with Gasteiger partial charge in [-0.3, -0.25) is 4.21 Å². The van der Waals surface area contributed by atoms with Crippen LogP contribution in [0.25, 0.3) is 0 Å². The van der Waals surface area contributed by atoms with E-state index in [1.54, 1.807) is 24.3 Å². The Morgan fingerprint density at radius 3 is 2.54 bits per heavy atom. The molecular weight excluding hydrogens is 186 g/mol. The largest absolute Gasteiger partial charge is 0.772 e. The highest BCUT2D eigenvalue weighted by Crippen LogP contribution is 2.14. The minimum atomic E-state index is -2.17. The maximum absolute atomic E-state index is 10.4. The van der Waals surface area contributed by atoms with E-state index in [0.717, 1.165) is 5.56 Å². The molecule has 0 aliphatic carbocycles. The summed E-state index contributed by atoms with van der Waals surface area (Å²) in [5, 5.41) is 8.71. The topological polar surface area (TPSA) is 63.9 Å². The molecular formula is C9H8NO2S-. The molecule has 0 spiro atoms. The Morgan fingerprint density at radius 1 is 1.46 bits per heavy atom.